The van der Waals surface area contributed by atoms with Crippen molar-refractivity contribution >= 4 is 11.7 Å². The van der Waals surface area contributed by atoms with E-state index < -0.39 is 5.54 Å². The van der Waals surface area contributed by atoms with E-state index in [0.29, 0.717) is 5.78 Å². The number of aliphatic hydroxyl groups excluding tert-OH is 1. The lowest BCUT2D eigenvalue weighted by atomic mass is 9.99. The highest BCUT2D eigenvalue weighted by atomic mass is 16.3. The zero-order valence-electron chi connectivity index (χ0n) is 11.3. The van der Waals surface area contributed by atoms with Gasteiger partial charge in [0.15, 0.2) is 0 Å². The van der Waals surface area contributed by atoms with Gasteiger partial charge in [-0.05, 0) is 25.8 Å². The van der Waals surface area contributed by atoms with Crippen LogP contribution in [0.2, 0.25) is 0 Å². The third kappa shape index (κ3) is 2.14. The van der Waals surface area contributed by atoms with Gasteiger partial charge in [0.05, 0.1) is 12.1 Å². The van der Waals surface area contributed by atoms with E-state index in [0.717, 1.165) is 31.4 Å². The maximum Gasteiger partial charge on any atom is 0.291 e. The highest BCUT2D eigenvalue weighted by molar-refractivity contribution is 5.91. The molecule has 7 nitrogen and oxygen atoms in total. The van der Waals surface area contributed by atoms with E-state index in [2.05, 4.69) is 20.4 Å². The molecule has 106 valence electrons. The summed E-state index contributed by atoms with van der Waals surface area (Å²) in [6, 6.07) is 1.80. The topological polar surface area (TPSA) is 92.4 Å². The summed E-state index contributed by atoms with van der Waals surface area (Å²) in [6.45, 7) is 1.82. The first kappa shape index (κ1) is 13.0. The third-order valence-electron chi connectivity index (χ3n) is 3.88. The summed E-state index contributed by atoms with van der Waals surface area (Å²) in [5.41, 5.74) is 0.344. The summed E-state index contributed by atoms with van der Waals surface area (Å²) in [5.74, 6) is 0.136. The first-order chi connectivity index (χ1) is 9.63. The summed E-state index contributed by atoms with van der Waals surface area (Å²) in [6.07, 6.45) is 5.24. The van der Waals surface area contributed by atoms with Gasteiger partial charge >= 0.3 is 0 Å². The quantitative estimate of drug-likeness (QED) is 0.849. The first-order valence-electron chi connectivity index (χ1n) is 6.75. The van der Waals surface area contributed by atoms with Crippen molar-refractivity contribution in [2.45, 2.75) is 38.1 Å². The minimum atomic E-state index is -0.517. The lowest BCUT2D eigenvalue weighted by Gasteiger charge is -2.27. The third-order valence-corrected chi connectivity index (χ3v) is 3.88. The van der Waals surface area contributed by atoms with E-state index >= 15 is 0 Å². The molecule has 2 aromatic rings. The molecule has 1 fully saturated rings. The Bertz CT molecular complexity index is 645. The Labute approximate surface area is 116 Å². The van der Waals surface area contributed by atoms with Gasteiger partial charge in [0.1, 0.15) is 0 Å². The Balaban J connectivity index is 1.87. The average Bonchev–Trinajstić information content (AvgIpc) is 3.06. The molecule has 1 saturated carbocycles. The summed E-state index contributed by atoms with van der Waals surface area (Å²) in [4.78, 5) is 20.5. The molecule has 0 saturated heterocycles. The van der Waals surface area contributed by atoms with Crippen molar-refractivity contribution in [2.24, 2.45) is 0 Å². The second-order valence-corrected chi connectivity index (χ2v) is 5.33. The molecule has 0 bridgehead atoms. The maximum atomic E-state index is 12.3. The Morgan fingerprint density at radius 1 is 1.50 bits per heavy atom. The number of carbonyl (C=O) groups excluding carboxylic acids is 1. The highest BCUT2D eigenvalue weighted by Crippen LogP contribution is 2.29. The second kappa shape index (κ2) is 4.82. The second-order valence-electron chi connectivity index (χ2n) is 5.33. The standard InChI is InChI=1S/C13H17N5O2/c1-9-4-7-14-12-15-10(17-18(9)12)11(20)16-13(8-19)5-2-3-6-13/h4,7,19H,2-3,5-6,8H2,1H3,(H,16,20). The highest BCUT2D eigenvalue weighted by Gasteiger charge is 2.35. The van der Waals surface area contributed by atoms with Crippen molar-refractivity contribution in [1.29, 1.82) is 0 Å². The van der Waals surface area contributed by atoms with Gasteiger partial charge in [-0.25, -0.2) is 9.50 Å². The van der Waals surface area contributed by atoms with Crippen LogP contribution in [0.4, 0.5) is 0 Å². The summed E-state index contributed by atoms with van der Waals surface area (Å²) in [5, 5.41) is 16.6. The molecule has 3 rings (SSSR count). The van der Waals surface area contributed by atoms with Gasteiger partial charge in [0, 0.05) is 11.9 Å². The van der Waals surface area contributed by atoms with Crippen molar-refractivity contribution in [3.8, 4) is 0 Å². The molecular formula is C13H17N5O2. The summed E-state index contributed by atoms with van der Waals surface area (Å²) >= 11 is 0. The smallest absolute Gasteiger partial charge is 0.291 e. The van der Waals surface area contributed by atoms with E-state index in [-0.39, 0.29) is 18.3 Å². The van der Waals surface area contributed by atoms with Crippen molar-refractivity contribution in [3.63, 3.8) is 0 Å². The summed E-state index contributed by atoms with van der Waals surface area (Å²) < 4.78 is 1.54. The van der Waals surface area contributed by atoms with Crippen LogP contribution in [0, 0.1) is 6.92 Å². The molecule has 0 aromatic carbocycles. The largest absolute Gasteiger partial charge is 0.394 e. The van der Waals surface area contributed by atoms with Gasteiger partial charge < -0.3 is 10.4 Å². The van der Waals surface area contributed by atoms with E-state index in [1.54, 1.807) is 12.3 Å². The van der Waals surface area contributed by atoms with Gasteiger partial charge in [-0.3, -0.25) is 4.79 Å². The number of aliphatic hydroxyl groups is 1. The Morgan fingerprint density at radius 3 is 2.90 bits per heavy atom. The molecule has 1 aliphatic carbocycles. The molecule has 0 unspecified atom stereocenters. The maximum absolute atomic E-state index is 12.3. The van der Waals surface area contributed by atoms with Gasteiger partial charge in [-0.2, -0.15) is 4.98 Å². The van der Waals surface area contributed by atoms with E-state index in [1.165, 1.54) is 4.52 Å². The zero-order valence-corrected chi connectivity index (χ0v) is 11.3. The number of carbonyl (C=O) groups is 1. The molecule has 1 aliphatic rings. The van der Waals surface area contributed by atoms with Crippen LogP contribution in [-0.2, 0) is 0 Å². The van der Waals surface area contributed by atoms with Gasteiger partial charge in [0.2, 0.25) is 5.82 Å². The van der Waals surface area contributed by atoms with Crippen molar-refractivity contribution in [3.05, 3.63) is 23.8 Å². The molecule has 2 aromatic heterocycles. The number of hydrogen-bond donors (Lipinski definition) is 2. The van der Waals surface area contributed by atoms with Crippen molar-refractivity contribution < 1.29 is 9.90 Å². The van der Waals surface area contributed by atoms with E-state index in [1.807, 2.05) is 6.92 Å². The number of nitrogens with one attached hydrogen (secondary N) is 1. The monoisotopic (exact) mass is 275 g/mol. The summed E-state index contributed by atoms with van der Waals surface area (Å²) in [7, 11) is 0. The fourth-order valence-electron chi connectivity index (χ4n) is 2.67. The van der Waals surface area contributed by atoms with Crippen LogP contribution >= 0.6 is 0 Å². The number of nitrogens with zero attached hydrogens (tertiary/aromatic N) is 4. The number of aryl methyl sites for hydroxylation is 1. The van der Waals surface area contributed by atoms with Crippen molar-refractivity contribution in [1.82, 2.24) is 24.9 Å². The van der Waals surface area contributed by atoms with Gasteiger partial charge in [0.25, 0.3) is 11.7 Å². The van der Waals surface area contributed by atoms with Gasteiger partial charge in [-0.15, -0.1) is 5.10 Å². The van der Waals surface area contributed by atoms with Crippen LogP contribution in [0.1, 0.15) is 42.0 Å². The van der Waals surface area contributed by atoms with Crippen LogP contribution in [0.5, 0.6) is 0 Å². The average molecular weight is 275 g/mol. The lowest BCUT2D eigenvalue weighted by Crippen LogP contribution is -2.49. The number of amides is 1. The molecule has 0 radical (unpaired) electrons. The molecule has 0 spiro atoms. The predicted octanol–water partition coefficient (Wildman–Crippen LogP) is 0.468. The van der Waals surface area contributed by atoms with Crippen LogP contribution < -0.4 is 5.32 Å². The molecule has 2 heterocycles. The molecule has 0 aliphatic heterocycles. The minimum absolute atomic E-state index is 0.0522. The first-order valence-corrected chi connectivity index (χ1v) is 6.75. The van der Waals surface area contributed by atoms with Crippen LogP contribution in [0.3, 0.4) is 0 Å². The zero-order chi connectivity index (χ0) is 14.2. The Morgan fingerprint density at radius 2 is 2.25 bits per heavy atom. The van der Waals surface area contributed by atoms with E-state index in [4.69, 9.17) is 0 Å². The fraction of sp³-hybridized carbons (Fsp3) is 0.538. The van der Waals surface area contributed by atoms with E-state index in [9.17, 15) is 9.90 Å². The molecule has 1 amide bonds. The van der Waals surface area contributed by atoms with Crippen molar-refractivity contribution in [2.75, 3.05) is 6.61 Å². The number of fused-ring (bicyclic) bond motifs is 1. The van der Waals surface area contributed by atoms with Crippen LogP contribution in [-0.4, -0.2) is 42.7 Å². The fourth-order valence-corrected chi connectivity index (χ4v) is 2.67. The number of rotatable bonds is 3. The normalized spacial score (nSPS) is 17.5. The number of aromatic nitrogens is 4. The molecule has 20 heavy (non-hydrogen) atoms. The lowest BCUT2D eigenvalue weighted by molar-refractivity contribution is 0.0828. The Hall–Kier alpha value is -2.02. The molecule has 2 N–H and O–H groups in total. The number of hydrogen-bond acceptors (Lipinski definition) is 5. The SMILES string of the molecule is Cc1ccnc2nc(C(=O)NC3(CO)CCCC3)nn12. The molecular weight excluding hydrogens is 258 g/mol. The molecule has 7 heteroatoms. The van der Waals surface area contributed by atoms with Crippen LogP contribution in [0.15, 0.2) is 12.3 Å². The Kier molecular flexibility index (Phi) is 3.13. The molecule has 0 atom stereocenters. The predicted molar refractivity (Wildman–Crippen MR) is 71.3 cm³/mol. The minimum Gasteiger partial charge on any atom is -0.394 e. The van der Waals surface area contributed by atoms with Crippen LogP contribution in [0.25, 0.3) is 5.78 Å². The van der Waals surface area contributed by atoms with Gasteiger partial charge in [-0.1, -0.05) is 12.8 Å².